The van der Waals surface area contributed by atoms with Crippen molar-refractivity contribution in [1.82, 2.24) is 0 Å². The van der Waals surface area contributed by atoms with E-state index in [4.69, 9.17) is 0 Å². The van der Waals surface area contributed by atoms with E-state index in [1.165, 1.54) is 0 Å². The highest BCUT2D eigenvalue weighted by Crippen LogP contribution is 2.22. The summed E-state index contributed by atoms with van der Waals surface area (Å²) in [7, 11) is 0. The zero-order valence-electron chi connectivity index (χ0n) is 19.1. The summed E-state index contributed by atoms with van der Waals surface area (Å²) >= 11 is 0. The standard InChI is InChI=1S/C20H32N6O4/c1-17(2,3)23-25-19(7,13-21)11-9-15(27)29-30-16(28)10-12-20(8,14-22)26-24-18(4,5)6/h9-12H2,1-8H3/b25-23+,26-24+. The molecule has 0 fully saturated rings. The fourth-order valence-corrected chi connectivity index (χ4v) is 1.64. The largest absolute Gasteiger partial charge is 0.355 e. The average molecular weight is 421 g/mol. The average Bonchev–Trinajstić information content (AvgIpc) is 2.65. The molecule has 0 aromatic rings. The van der Waals surface area contributed by atoms with Gasteiger partial charge in [-0.15, -0.1) is 0 Å². The van der Waals surface area contributed by atoms with E-state index in [1.807, 2.05) is 53.7 Å². The van der Waals surface area contributed by atoms with Gasteiger partial charge in [0.05, 0.1) is 36.1 Å². The lowest BCUT2D eigenvalue weighted by Crippen LogP contribution is -2.24. The number of rotatable bonds is 8. The van der Waals surface area contributed by atoms with Crippen LogP contribution in [0.5, 0.6) is 0 Å². The third-order valence-electron chi connectivity index (χ3n) is 3.48. The molecule has 0 aromatic carbocycles. The summed E-state index contributed by atoms with van der Waals surface area (Å²) in [5.74, 6) is -1.63. The van der Waals surface area contributed by atoms with E-state index in [9.17, 15) is 20.1 Å². The van der Waals surface area contributed by atoms with Crippen molar-refractivity contribution in [1.29, 1.82) is 10.5 Å². The normalized spacial score (nSPS) is 16.3. The van der Waals surface area contributed by atoms with Crippen LogP contribution in [0.3, 0.4) is 0 Å². The Morgan fingerprint density at radius 1 is 0.667 bits per heavy atom. The number of nitrogens with zero attached hydrogens (tertiary/aromatic N) is 6. The van der Waals surface area contributed by atoms with Crippen molar-refractivity contribution in [2.45, 2.75) is 103 Å². The van der Waals surface area contributed by atoms with Gasteiger partial charge in [-0.2, -0.15) is 31.0 Å². The molecule has 0 aliphatic rings. The third-order valence-corrected chi connectivity index (χ3v) is 3.48. The second-order valence-corrected chi connectivity index (χ2v) is 9.42. The van der Waals surface area contributed by atoms with Gasteiger partial charge in [-0.25, -0.2) is 19.4 Å². The lowest BCUT2D eigenvalue weighted by Gasteiger charge is -2.18. The van der Waals surface area contributed by atoms with Crippen LogP contribution in [0, 0.1) is 22.7 Å². The highest BCUT2D eigenvalue weighted by Gasteiger charge is 2.28. The van der Waals surface area contributed by atoms with Crippen LogP contribution >= 0.6 is 0 Å². The first-order valence-corrected chi connectivity index (χ1v) is 9.64. The Morgan fingerprint density at radius 2 is 0.967 bits per heavy atom. The van der Waals surface area contributed by atoms with Gasteiger partial charge in [-0.3, -0.25) is 0 Å². The van der Waals surface area contributed by atoms with Crippen LogP contribution in [0.25, 0.3) is 0 Å². The van der Waals surface area contributed by atoms with Crippen LogP contribution in [-0.2, 0) is 19.4 Å². The monoisotopic (exact) mass is 420 g/mol. The Morgan fingerprint density at radius 3 is 1.20 bits per heavy atom. The zero-order chi connectivity index (χ0) is 23.6. The minimum Gasteiger partial charge on any atom is -0.247 e. The lowest BCUT2D eigenvalue weighted by molar-refractivity contribution is -0.259. The van der Waals surface area contributed by atoms with Crippen molar-refractivity contribution < 1.29 is 19.4 Å². The summed E-state index contributed by atoms with van der Waals surface area (Å²) in [6.07, 6.45) is -0.259. The predicted octanol–water partition coefficient (Wildman–Crippen LogP) is 4.61. The molecule has 10 nitrogen and oxygen atoms in total. The van der Waals surface area contributed by atoms with Gasteiger partial charge in [-0.05, 0) is 68.2 Å². The van der Waals surface area contributed by atoms with Gasteiger partial charge in [0.15, 0.2) is 11.1 Å². The molecule has 0 radical (unpaired) electrons. The molecule has 0 rings (SSSR count). The molecule has 166 valence electrons. The van der Waals surface area contributed by atoms with Gasteiger partial charge in [0, 0.05) is 0 Å². The maximum absolute atomic E-state index is 11.8. The van der Waals surface area contributed by atoms with Crippen LogP contribution in [0.1, 0.15) is 81.1 Å². The SMILES string of the molecule is CC(C)(C)/N=N/C(C)(C#N)CCC(=O)OOC(=O)CCC(C)(C#N)/N=N/C(C)(C)C. The van der Waals surface area contributed by atoms with Crippen molar-refractivity contribution in [3.8, 4) is 12.1 Å². The van der Waals surface area contributed by atoms with Crippen molar-refractivity contribution in [2.24, 2.45) is 20.5 Å². The van der Waals surface area contributed by atoms with E-state index in [0.29, 0.717) is 0 Å². The van der Waals surface area contributed by atoms with Gasteiger partial charge in [-0.1, -0.05) is 0 Å². The number of nitriles is 2. The first kappa shape index (κ1) is 27.1. The number of carbonyl (C=O) groups is 2. The van der Waals surface area contributed by atoms with Crippen LogP contribution in [0.4, 0.5) is 0 Å². The molecule has 0 saturated heterocycles. The second kappa shape index (κ2) is 10.8. The Kier molecular flexibility index (Phi) is 9.74. The van der Waals surface area contributed by atoms with Crippen molar-refractivity contribution in [3.63, 3.8) is 0 Å². The summed E-state index contributed by atoms with van der Waals surface area (Å²) < 4.78 is 0. The fourth-order valence-electron chi connectivity index (χ4n) is 1.64. The summed E-state index contributed by atoms with van der Waals surface area (Å²) in [5.41, 5.74) is -3.27. The quantitative estimate of drug-likeness (QED) is 0.318. The molecular weight excluding hydrogens is 388 g/mol. The summed E-state index contributed by atoms with van der Waals surface area (Å²) in [6, 6.07) is 4.02. The molecule has 0 heterocycles. The van der Waals surface area contributed by atoms with E-state index >= 15 is 0 Å². The van der Waals surface area contributed by atoms with E-state index in [2.05, 4.69) is 30.2 Å². The number of hydrogen-bond acceptors (Lipinski definition) is 10. The number of carbonyl (C=O) groups excluding carboxylic acids is 2. The highest BCUT2D eigenvalue weighted by molar-refractivity contribution is 5.73. The smallest absolute Gasteiger partial charge is 0.247 e. The second-order valence-electron chi connectivity index (χ2n) is 9.42. The molecule has 30 heavy (non-hydrogen) atoms. The molecule has 0 aliphatic carbocycles. The summed E-state index contributed by atoms with van der Waals surface area (Å²) in [6.45, 7) is 14.1. The maximum atomic E-state index is 11.8. The van der Waals surface area contributed by atoms with E-state index in [0.717, 1.165) is 0 Å². The van der Waals surface area contributed by atoms with E-state index in [1.54, 1.807) is 13.8 Å². The fraction of sp³-hybridized carbons (Fsp3) is 0.800. The van der Waals surface area contributed by atoms with Crippen molar-refractivity contribution in [2.75, 3.05) is 0 Å². The zero-order valence-corrected chi connectivity index (χ0v) is 19.1. The minimum atomic E-state index is -1.19. The first-order valence-electron chi connectivity index (χ1n) is 9.64. The van der Waals surface area contributed by atoms with Crippen molar-refractivity contribution in [3.05, 3.63) is 0 Å². The highest BCUT2D eigenvalue weighted by atomic mass is 17.2. The molecule has 0 aromatic heterocycles. The van der Waals surface area contributed by atoms with Gasteiger partial charge >= 0.3 is 11.9 Å². The van der Waals surface area contributed by atoms with Gasteiger partial charge < -0.3 is 0 Å². The first-order chi connectivity index (χ1) is 13.5. The van der Waals surface area contributed by atoms with Crippen LogP contribution in [0.15, 0.2) is 20.5 Å². The summed E-state index contributed by atoms with van der Waals surface area (Å²) in [5, 5.41) is 34.7. The third kappa shape index (κ3) is 12.6. The Hall–Kier alpha value is -2.88. The number of azo groups is 2. The molecule has 0 spiro atoms. The Balaban J connectivity index is 4.57. The van der Waals surface area contributed by atoms with Crippen LogP contribution < -0.4 is 0 Å². The molecule has 0 N–H and O–H groups in total. The molecule has 0 amide bonds. The molecule has 10 heteroatoms. The van der Waals surface area contributed by atoms with Crippen LogP contribution in [-0.4, -0.2) is 34.1 Å². The molecule has 0 saturated carbocycles. The van der Waals surface area contributed by atoms with E-state index in [-0.39, 0.29) is 25.7 Å². The van der Waals surface area contributed by atoms with Crippen molar-refractivity contribution >= 4 is 11.9 Å². The molecule has 2 unspecified atom stereocenters. The van der Waals surface area contributed by atoms with Gasteiger partial charge in [0.25, 0.3) is 0 Å². The van der Waals surface area contributed by atoms with Gasteiger partial charge in [0.1, 0.15) is 0 Å². The topological polar surface area (TPSA) is 150 Å². The Bertz CT molecular complexity index is 687. The lowest BCUT2D eigenvalue weighted by atomic mass is 9.99. The summed E-state index contributed by atoms with van der Waals surface area (Å²) in [4.78, 5) is 32.6. The molecular formula is C20H32N6O4. The Labute approximate surface area is 178 Å². The maximum Gasteiger partial charge on any atom is 0.355 e. The number of hydrogen-bond donors (Lipinski definition) is 0. The molecule has 0 aliphatic heterocycles. The molecule has 2 atom stereocenters. The minimum absolute atomic E-state index is 0.0547. The van der Waals surface area contributed by atoms with E-state index < -0.39 is 34.1 Å². The van der Waals surface area contributed by atoms with Gasteiger partial charge in [0.2, 0.25) is 0 Å². The van der Waals surface area contributed by atoms with Crippen LogP contribution in [0.2, 0.25) is 0 Å². The predicted molar refractivity (Wildman–Crippen MR) is 108 cm³/mol. The molecule has 0 bridgehead atoms.